The molecule has 3 nitrogen and oxygen atoms in total. The Morgan fingerprint density at radius 1 is 1.38 bits per heavy atom. The van der Waals surface area contributed by atoms with Crippen LogP contribution in [0.15, 0.2) is 11.7 Å². The van der Waals surface area contributed by atoms with Crippen molar-refractivity contribution < 1.29 is 0 Å². The average molecular weight is 235 g/mol. The van der Waals surface area contributed by atoms with E-state index in [0.717, 1.165) is 17.9 Å². The van der Waals surface area contributed by atoms with Gasteiger partial charge in [0, 0.05) is 17.0 Å². The van der Waals surface area contributed by atoms with E-state index >= 15 is 0 Å². The van der Waals surface area contributed by atoms with E-state index in [-0.39, 0.29) is 0 Å². The van der Waals surface area contributed by atoms with E-state index in [1.807, 2.05) is 13.3 Å². The maximum atomic E-state index is 4.63. The molecular weight excluding hydrogens is 218 g/mol. The molecule has 0 fully saturated rings. The highest BCUT2D eigenvalue weighted by atomic mass is 32.1. The Kier molecular flexibility index (Phi) is 3.10. The molecule has 86 valence electrons. The number of thiazole rings is 1. The lowest BCUT2D eigenvalue weighted by Crippen LogP contribution is -2.01. The van der Waals surface area contributed by atoms with Gasteiger partial charge < -0.3 is 4.57 Å². The smallest absolute Gasteiger partial charge is 0.0955 e. The van der Waals surface area contributed by atoms with Crippen LogP contribution in [0, 0.1) is 13.8 Å². The van der Waals surface area contributed by atoms with Gasteiger partial charge >= 0.3 is 0 Å². The van der Waals surface area contributed by atoms with Gasteiger partial charge in [0.1, 0.15) is 0 Å². The summed E-state index contributed by atoms with van der Waals surface area (Å²) in [7, 11) is 0. The number of hydrogen-bond acceptors (Lipinski definition) is 3. The van der Waals surface area contributed by atoms with Crippen molar-refractivity contribution in [1.82, 2.24) is 14.5 Å². The molecule has 2 heterocycles. The molecule has 16 heavy (non-hydrogen) atoms. The summed E-state index contributed by atoms with van der Waals surface area (Å²) in [6, 6.07) is 0. The Hall–Kier alpha value is -1.16. The molecule has 0 aliphatic rings. The summed E-state index contributed by atoms with van der Waals surface area (Å²) in [5, 5.41) is 3.36. The van der Waals surface area contributed by atoms with E-state index in [9.17, 15) is 0 Å². The Morgan fingerprint density at radius 2 is 2.12 bits per heavy atom. The standard InChI is InChI=1S/C12H17N3S/c1-8(2)12-14-11(6-16-12)5-15-7-13-9(3)10(15)4/h6-8H,5H2,1-4H3. The molecule has 0 unspecified atom stereocenters. The summed E-state index contributed by atoms with van der Waals surface area (Å²) < 4.78 is 2.15. The van der Waals surface area contributed by atoms with Gasteiger partial charge in [0.05, 0.1) is 29.3 Å². The van der Waals surface area contributed by atoms with Crippen LogP contribution in [0.4, 0.5) is 0 Å². The topological polar surface area (TPSA) is 30.7 Å². The van der Waals surface area contributed by atoms with Crippen molar-refractivity contribution in [3.8, 4) is 0 Å². The minimum atomic E-state index is 0.518. The van der Waals surface area contributed by atoms with Crippen molar-refractivity contribution in [3.63, 3.8) is 0 Å². The monoisotopic (exact) mass is 235 g/mol. The van der Waals surface area contributed by atoms with E-state index in [1.165, 1.54) is 10.7 Å². The minimum Gasteiger partial charge on any atom is -0.329 e. The first-order valence-corrected chi connectivity index (χ1v) is 6.38. The van der Waals surface area contributed by atoms with Crippen molar-refractivity contribution in [2.24, 2.45) is 0 Å². The quantitative estimate of drug-likeness (QED) is 0.818. The molecule has 0 atom stereocenters. The Bertz CT molecular complexity index is 482. The summed E-state index contributed by atoms with van der Waals surface area (Å²) in [6.07, 6.45) is 1.89. The molecule has 0 amide bonds. The van der Waals surface area contributed by atoms with Crippen molar-refractivity contribution in [3.05, 3.63) is 33.8 Å². The number of imidazole rings is 1. The Morgan fingerprint density at radius 3 is 2.62 bits per heavy atom. The van der Waals surface area contributed by atoms with Crippen LogP contribution in [-0.2, 0) is 6.54 Å². The predicted molar refractivity (Wildman–Crippen MR) is 67.0 cm³/mol. The van der Waals surface area contributed by atoms with Gasteiger partial charge in [-0.05, 0) is 13.8 Å². The molecule has 0 bridgehead atoms. The molecule has 0 saturated carbocycles. The van der Waals surface area contributed by atoms with E-state index < -0.39 is 0 Å². The second-order valence-electron chi connectivity index (χ2n) is 4.38. The fourth-order valence-electron chi connectivity index (χ4n) is 1.54. The molecular formula is C12H17N3S. The van der Waals surface area contributed by atoms with Crippen molar-refractivity contribution >= 4 is 11.3 Å². The zero-order valence-electron chi connectivity index (χ0n) is 10.2. The molecule has 0 aromatic carbocycles. The normalized spacial score (nSPS) is 11.3. The molecule has 0 radical (unpaired) electrons. The molecule has 0 N–H and O–H groups in total. The lowest BCUT2D eigenvalue weighted by molar-refractivity contribution is 0.741. The van der Waals surface area contributed by atoms with Crippen LogP contribution in [0.5, 0.6) is 0 Å². The third-order valence-corrected chi connectivity index (χ3v) is 3.94. The summed E-state index contributed by atoms with van der Waals surface area (Å²) in [5.41, 5.74) is 3.45. The zero-order chi connectivity index (χ0) is 11.7. The molecule has 0 spiro atoms. The van der Waals surface area contributed by atoms with E-state index in [2.05, 4.69) is 40.7 Å². The molecule has 0 saturated heterocycles. The van der Waals surface area contributed by atoms with E-state index in [1.54, 1.807) is 11.3 Å². The summed E-state index contributed by atoms with van der Waals surface area (Å²) in [4.78, 5) is 8.92. The van der Waals surface area contributed by atoms with Gasteiger partial charge in [0.25, 0.3) is 0 Å². The Labute approximate surface area is 100 Å². The van der Waals surface area contributed by atoms with Gasteiger partial charge in [-0.2, -0.15) is 0 Å². The van der Waals surface area contributed by atoms with Gasteiger partial charge in [-0.25, -0.2) is 9.97 Å². The third kappa shape index (κ3) is 2.16. The molecule has 2 aromatic heterocycles. The minimum absolute atomic E-state index is 0.518. The fraction of sp³-hybridized carbons (Fsp3) is 0.500. The summed E-state index contributed by atoms with van der Waals surface area (Å²) in [6.45, 7) is 9.31. The number of rotatable bonds is 3. The van der Waals surface area contributed by atoms with Gasteiger partial charge in [0.2, 0.25) is 0 Å². The van der Waals surface area contributed by atoms with Gasteiger partial charge in [-0.3, -0.25) is 0 Å². The molecule has 4 heteroatoms. The third-order valence-electron chi connectivity index (χ3n) is 2.74. The number of nitrogens with zero attached hydrogens (tertiary/aromatic N) is 3. The highest BCUT2D eigenvalue weighted by Crippen LogP contribution is 2.20. The van der Waals surface area contributed by atoms with Crippen molar-refractivity contribution in [2.45, 2.75) is 40.2 Å². The van der Waals surface area contributed by atoms with Crippen LogP contribution in [0.25, 0.3) is 0 Å². The number of hydrogen-bond donors (Lipinski definition) is 0. The highest BCUT2D eigenvalue weighted by molar-refractivity contribution is 7.09. The maximum absolute atomic E-state index is 4.63. The van der Waals surface area contributed by atoms with Crippen LogP contribution in [0.1, 0.15) is 41.9 Å². The van der Waals surface area contributed by atoms with Crippen molar-refractivity contribution in [1.29, 1.82) is 0 Å². The number of aromatic nitrogens is 3. The Balaban J connectivity index is 2.17. The highest BCUT2D eigenvalue weighted by Gasteiger charge is 2.08. The summed E-state index contributed by atoms with van der Waals surface area (Å²) in [5.74, 6) is 0.518. The first kappa shape index (κ1) is 11.3. The van der Waals surface area contributed by atoms with Crippen molar-refractivity contribution in [2.75, 3.05) is 0 Å². The second-order valence-corrected chi connectivity index (χ2v) is 5.26. The second kappa shape index (κ2) is 4.37. The molecule has 0 aliphatic heterocycles. The van der Waals surface area contributed by atoms with Crippen LogP contribution in [0.2, 0.25) is 0 Å². The number of aryl methyl sites for hydroxylation is 1. The van der Waals surface area contributed by atoms with Crippen LogP contribution < -0.4 is 0 Å². The maximum Gasteiger partial charge on any atom is 0.0955 e. The van der Waals surface area contributed by atoms with Gasteiger partial charge in [0.15, 0.2) is 0 Å². The molecule has 0 aliphatic carbocycles. The first-order chi connectivity index (χ1) is 7.58. The lowest BCUT2D eigenvalue weighted by Gasteiger charge is -2.02. The van der Waals surface area contributed by atoms with Crippen LogP contribution in [0.3, 0.4) is 0 Å². The SMILES string of the molecule is Cc1ncn(Cc2csc(C(C)C)n2)c1C. The molecule has 2 rings (SSSR count). The average Bonchev–Trinajstić information content (AvgIpc) is 2.81. The van der Waals surface area contributed by atoms with Gasteiger partial charge in [-0.1, -0.05) is 13.8 Å². The van der Waals surface area contributed by atoms with E-state index in [0.29, 0.717) is 5.92 Å². The first-order valence-electron chi connectivity index (χ1n) is 5.50. The zero-order valence-corrected chi connectivity index (χ0v) is 11.0. The van der Waals surface area contributed by atoms with E-state index in [4.69, 9.17) is 0 Å². The largest absolute Gasteiger partial charge is 0.329 e. The fourth-order valence-corrected chi connectivity index (χ4v) is 2.36. The van der Waals surface area contributed by atoms with Crippen LogP contribution in [-0.4, -0.2) is 14.5 Å². The predicted octanol–water partition coefficient (Wildman–Crippen LogP) is 3.13. The van der Waals surface area contributed by atoms with Gasteiger partial charge in [-0.15, -0.1) is 11.3 Å². The lowest BCUT2D eigenvalue weighted by atomic mass is 10.2. The van der Waals surface area contributed by atoms with Crippen LogP contribution >= 0.6 is 11.3 Å². The molecule has 2 aromatic rings. The summed E-state index contributed by atoms with van der Waals surface area (Å²) >= 11 is 1.74.